The molecule has 1 aromatic carbocycles. The summed E-state index contributed by atoms with van der Waals surface area (Å²) in [5, 5.41) is 9.89. The Labute approximate surface area is 90.9 Å². The molecule has 3 N–H and O–H groups in total. The van der Waals surface area contributed by atoms with E-state index in [9.17, 15) is 5.11 Å². The topological polar surface area (TPSA) is 55.5 Å². The van der Waals surface area contributed by atoms with Crippen LogP contribution in [0, 0.1) is 5.92 Å². The second kappa shape index (κ2) is 5.14. The molecule has 15 heavy (non-hydrogen) atoms. The van der Waals surface area contributed by atoms with Crippen molar-refractivity contribution >= 4 is 0 Å². The van der Waals surface area contributed by atoms with Crippen molar-refractivity contribution in [2.45, 2.75) is 26.0 Å². The Hall–Kier alpha value is -1.06. The predicted octanol–water partition coefficient (Wildman–Crippen LogP) is 1.71. The zero-order chi connectivity index (χ0) is 11.4. The third-order valence-electron chi connectivity index (χ3n) is 2.55. The molecule has 0 fully saturated rings. The minimum Gasteiger partial charge on any atom is -0.496 e. The van der Waals surface area contributed by atoms with Crippen molar-refractivity contribution in [2.24, 2.45) is 11.7 Å². The highest BCUT2D eigenvalue weighted by Gasteiger charge is 2.22. The van der Waals surface area contributed by atoms with Gasteiger partial charge in [0.1, 0.15) is 5.75 Å². The second-order valence-corrected chi connectivity index (χ2v) is 4.00. The molecule has 0 saturated heterocycles. The van der Waals surface area contributed by atoms with E-state index in [-0.39, 0.29) is 5.92 Å². The van der Waals surface area contributed by atoms with Crippen molar-refractivity contribution < 1.29 is 9.84 Å². The third kappa shape index (κ3) is 2.70. The van der Waals surface area contributed by atoms with Crippen molar-refractivity contribution in [1.29, 1.82) is 0 Å². The van der Waals surface area contributed by atoms with E-state index < -0.39 is 12.1 Å². The van der Waals surface area contributed by atoms with Crippen LogP contribution in [0.15, 0.2) is 24.3 Å². The number of nitrogens with two attached hydrogens (primary N) is 1. The molecular weight excluding hydrogens is 190 g/mol. The minimum absolute atomic E-state index is 0.130. The number of para-hydroxylation sites is 1. The van der Waals surface area contributed by atoms with E-state index in [0.717, 1.165) is 11.3 Å². The van der Waals surface area contributed by atoms with Gasteiger partial charge in [-0.1, -0.05) is 32.0 Å². The summed E-state index contributed by atoms with van der Waals surface area (Å²) in [7, 11) is 1.60. The third-order valence-corrected chi connectivity index (χ3v) is 2.55. The summed E-state index contributed by atoms with van der Waals surface area (Å²) in [6.45, 7) is 3.89. The molecule has 0 aliphatic heterocycles. The number of hydrogen-bond donors (Lipinski definition) is 2. The van der Waals surface area contributed by atoms with Crippen LogP contribution < -0.4 is 10.5 Å². The van der Waals surface area contributed by atoms with Gasteiger partial charge in [0.15, 0.2) is 0 Å². The van der Waals surface area contributed by atoms with E-state index in [4.69, 9.17) is 10.5 Å². The fourth-order valence-electron chi connectivity index (χ4n) is 1.54. The van der Waals surface area contributed by atoms with Crippen LogP contribution in [0.2, 0.25) is 0 Å². The van der Waals surface area contributed by atoms with Gasteiger partial charge in [0.05, 0.1) is 19.3 Å². The molecule has 0 bridgehead atoms. The quantitative estimate of drug-likeness (QED) is 0.793. The smallest absolute Gasteiger partial charge is 0.123 e. The highest BCUT2D eigenvalue weighted by atomic mass is 16.5. The van der Waals surface area contributed by atoms with Gasteiger partial charge >= 0.3 is 0 Å². The van der Waals surface area contributed by atoms with E-state index in [1.807, 2.05) is 38.1 Å². The summed E-state index contributed by atoms with van der Waals surface area (Å²) in [6, 6.07) is 7.11. The summed E-state index contributed by atoms with van der Waals surface area (Å²) in [6.07, 6.45) is -0.554. The summed E-state index contributed by atoms with van der Waals surface area (Å²) in [5.74, 6) is 0.856. The fourth-order valence-corrected chi connectivity index (χ4v) is 1.54. The first-order valence-electron chi connectivity index (χ1n) is 5.14. The standard InChI is InChI=1S/C12H19NO2/c1-8(2)12(14)11(13)9-6-4-5-7-10(9)15-3/h4-8,11-12,14H,13H2,1-3H3. The molecule has 3 nitrogen and oxygen atoms in total. The average Bonchev–Trinajstić information content (AvgIpc) is 2.26. The molecule has 3 heteroatoms. The largest absolute Gasteiger partial charge is 0.496 e. The molecule has 84 valence electrons. The minimum atomic E-state index is -0.554. The van der Waals surface area contributed by atoms with Crippen molar-refractivity contribution in [3.8, 4) is 5.75 Å². The van der Waals surface area contributed by atoms with Gasteiger partial charge in [-0.05, 0) is 12.0 Å². The van der Waals surface area contributed by atoms with Crippen LogP contribution in [0.4, 0.5) is 0 Å². The first-order valence-corrected chi connectivity index (χ1v) is 5.14. The van der Waals surface area contributed by atoms with Gasteiger partial charge < -0.3 is 15.6 Å². The normalized spacial score (nSPS) is 15.1. The number of aliphatic hydroxyl groups is 1. The highest BCUT2D eigenvalue weighted by molar-refractivity contribution is 5.36. The van der Waals surface area contributed by atoms with Crippen LogP contribution in [-0.4, -0.2) is 18.3 Å². The summed E-state index contributed by atoms with van der Waals surface area (Å²) < 4.78 is 5.21. The van der Waals surface area contributed by atoms with E-state index in [0.29, 0.717) is 0 Å². The zero-order valence-electron chi connectivity index (χ0n) is 9.47. The van der Waals surface area contributed by atoms with E-state index in [1.54, 1.807) is 7.11 Å². The molecule has 0 amide bonds. The fraction of sp³-hybridized carbons (Fsp3) is 0.500. The van der Waals surface area contributed by atoms with Crippen LogP contribution in [0.3, 0.4) is 0 Å². The average molecular weight is 209 g/mol. The predicted molar refractivity (Wildman–Crippen MR) is 60.8 cm³/mol. The van der Waals surface area contributed by atoms with Crippen LogP contribution in [0.1, 0.15) is 25.5 Å². The molecule has 0 aliphatic rings. The lowest BCUT2D eigenvalue weighted by atomic mass is 9.94. The number of ether oxygens (including phenoxy) is 1. The van der Waals surface area contributed by atoms with E-state index in [2.05, 4.69) is 0 Å². The zero-order valence-corrected chi connectivity index (χ0v) is 9.47. The molecule has 1 aromatic rings. The van der Waals surface area contributed by atoms with Gasteiger partial charge in [-0.25, -0.2) is 0 Å². The number of rotatable bonds is 4. The molecule has 0 saturated carbocycles. The van der Waals surface area contributed by atoms with Gasteiger partial charge in [-0.2, -0.15) is 0 Å². The van der Waals surface area contributed by atoms with Gasteiger partial charge in [-0.15, -0.1) is 0 Å². The first-order chi connectivity index (χ1) is 7.07. The number of aliphatic hydroxyl groups excluding tert-OH is 1. The first kappa shape index (κ1) is 12.0. The van der Waals surface area contributed by atoms with Gasteiger partial charge in [0.25, 0.3) is 0 Å². The Morgan fingerprint density at radius 2 is 1.87 bits per heavy atom. The molecule has 2 atom stereocenters. The van der Waals surface area contributed by atoms with Crippen LogP contribution in [-0.2, 0) is 0 Å². The van der Waals surface area contributed by atoms with Crippen molar-refractivity contribution in [2.75, 3.05) is 7.11 Å². The Morgan fingerprint density at radius 3 is 2.40 bits per heavy atom. The Balaban J connectivity index is 2.94. The maximum absolute atomic E-state index is 9.89. The van der Waals surface area contributed by atoms with Crippen LogP contribution >= 0.6 is 0 Å². The van der Waals surface area contributed by atoms with Crippen molar-refractivity contribution in [1.82, 2.24) is 0 Å². The molecule has 0 aromatic heterocycles. The Morgan fingerprint density at radius 1 is 1.27 bits per heavy atom. The molecule has 0 heterocycles. The lowest BCUT2D eigenvalue weighted by Gasteiger charge is -2.23. The van der Waals surface area contributed by atoms with Gasteiger partial charge in [0.2, 0.25) is 0 Å². The highest BCUT2D eigenvalue weighted by Crippen LogP contribution is 2.27. The lowest BCUT2D eigenvalue weighted by Crippen LogP contribution is -2.30. The summed E-state index contributed by atoms with van der Waals surface area (Å²) in [4.78, 5) is 0. The Kier molecular flexibility index (Phi) is 4.12. The molecule has 1 rings (SSSR count). The number of benzene rings is 1. The van der Waals surface area contributed by atoms with E-state index >= 15 is 0 Å². The second-order valence-electron chi connectivity index (χ2n) is 4.00. The molecular formula is C12H19NO2. The monoisotopic (exact) mass is 209 g/mol. The van der Waals surface area contributed by atoms with Crippen molar-refractivity contribution in [3.63, 3.8) is 0 Å². The molecule has 0 aliphatic carbocycles. The van der Waals surface area contributed by atoms with Crippen LogP contribution in [0.5, 0.6) is 5.75 Å². The molecule has 0 radical (unpaired) electrons. The van der Waals surface area contributed by atoms with Gasteiger partial charge in [-0.3, -0.25) is 0 Å². The van der Waals surface area contributed by atoms with Crippen molar-refractivity contribution in [3.05, 3.63) is 29.8 Å². The SMILES string of the molecule is COc1ccccc1C(N)C(O)C(C)C. The maximum Gasteiger partial charge on any atom is 0.123 e. The number of methoxy groups -OCH3 is 1. The summed E-state index contributed by atoms with van der Waals surface area (Å²) >= 11 is 0. The lowest BCUT2D eigenvalue weighted by molar-refractivity contribution is 0.0969. The van der Waals surface area contributed by atoms with Crippen LogP contribution in [0.25, 0.3) is 0 Å². The molecule has 2 unspecified atom stereocenters. The van der Waals surface area contributed by atoms with Gasteiger partial charge in [0, 0.05) is 5.56 Å². The molecule has 0 spiro atoms. The van der Waals surface area contributed by atoms with E-state index in [1.165, 1.54) is 0 Å². The number of hydrogen-bond acceptors (Lipinski definition) is 3. The maximum atomic E-state index is 9.89. The summed E-state index contributed by atoms with van der Waals surface area (Å²) in [5.41, 5.74) is 6.83. The Bertz CT molecular complexity index is 312.